The Morgan fingerprint density at radius 2 is 0.839 bits per heavy atom. The molecule has 0 aromatic heterocycles. The molecule has 0 aliphatic carbocycles. The van der Waals surface area contributed by atoms with E-state index in [9.17, 15) is 0 Å². The Morgan fingerprint density at radius 3 is 1.38 bits per heavy atom. The van der Waals surface area contributed by atoms with Crippen LogP contribution in [0.15, 0.2) is 72.8 Å². The molecule has 0 radical (unpaired) electrons. The third-order valence-corrected chi connectivity index (χ3v) is 11.9. The summed E-state index contributed by atoms with van der Waals surface area (Å²) in [6, 6.07) is 28.3. The van der Waals surface area contributed by atoms with Crippen LogP contribution in [0.1, 0.15) is 157 Å². The van der Waals surface area contributed by atoms with E-state index in [1.54, 1.807) is 0 Å². The summed E-state index contributed by atoms with van der Waals surface area (Å²) in [4.78, 5) is 2.36. The first kappa shape index (κ1) is 43.8. The lowest BCUT2D eigenvalue weighted by molar-refractivity contribution is 0.353. The van der Waals surface area contributed by atoms with E-state index in [0.717, 1.165) is 45.8 Å². The predicted molar refractivity (Wildman–Crippen MR) is 242 cm³/mol. The molecule has 4 aliphatic rings. The minimum absolute atomic E-state index is 0.267. The summed E-state index contributed by atoms with van der Waals surface area (Å²) >= 11 is 0. The van der Waals surface area contributed by atoms with Gasteiger partial charge in [-0.15, -0.1) is 0 Å². The van der Waals surface area contributed by atoms with Gasteiger partial charge in [-0.05, 0) is 122 Å². The molecule has 0 amide bonds. The normalized spacial score (nSPS) is 17.8. The van der Waals surface area contributed by atoms with Crippen molar-refractivity contribution in [2.24, 2.45) is 0 Å². The quantitative estimate of drug-likeness (QED) is 0.167. The molecule has 0 bridgehead atoms. The summed E-state index contributed by atoms with van der Waals surface area (Å²) < 4.78 is 0. The van der Waals surface area contributed by atoms with E-state index < -0.39 is 0 Å². The highest BCUT2D eigenvalue weighted by Crippen LogP contribution is 2.30. The van der Waals surface area contributed by atoms with Gasteiger partial charge in [0.15, 0.2) is 0 Å². The predicted octanol–water partition coefficient (Wildman–Crippen LogP) is 11.2. The number of hydrogen-bond donors (Lipinski definition) is 3. The van der Waals surface area contributed by atoms with E-state index in [0.29, 0.717) is 6.04 Å². The Kier molecular flexibility index (Phi) is 13.8. The molecule has 4 aromatic rings. The van der Waals surface area contributed by atoms with Gasteiger partial charge in [0.2, 0.25) is 0 Å². The molecular weight excluding hydrogens is 681 g/mol. The van der Waals surface area contributed by atoms with Crippen molar-refractivity contribution < 1.29 is 0 Å². The minimum atomic E-state index is 0.267. The molecule has 1 atom stereocenters. The molecule has 0 saturated heterocycles. The summed E-state index contributed by atoms with van der Waals surface area (Å²) in [7, 11) is 2.18. The first-order chi connectivity index (χ1) is 26.1. The largest absolute Gasteiger partial charge is 0.312 e. The molecule has 4 aliphatic heterocycles. The van der Waals surface area contributed by atoms with Crippen molar-refractivity contribution in [3.05, 3.63) is 140 Å². The van der Waals surface area contributed by atoms with Gasteiger partial charge in [0, 0.05) is 45.3 Å². The van der Waals surface area contributed by atoms with Crippen LogP contribution in [0.5, 0.6) is 0 Å². The van der Waals surface area contributed by atoms with Gasteiger partial charge in [0.05, 0.1) is 0 Å². The maximum atomic E-state index is 3.50. The van der Waals surface area contributed by atoms with Crippen molar-refractivity contribution in [2.45, 2.75) is 170 Å². The summed E-state index contributed by atoms with van der Waals surface area (Å²) in [5.74, 6) is 0. The van der Waals surface area contributed by atoms with Crippen LogP contribution < -0.4 is 16.0 Å². The van der Waals surface area contributed by atoms with Crippen molar-refractivity contribution in [1.29, 1.82) is 0 Å². The number of nitrogens with one attached hydrogen (secondary N) is 3. The number of fused-ring (bicyclic) bond motifs is 4. The summed E-state index contributed by atoms with van der Waals surface area (Å²) in [6.45, 7) is 37.0. The lowest BCUT2D eigenvalue weighted by atomic mass is 9.83. The van der Waals surface area contributed by atoms with Crippen molar-refractivity contribution in [1.82, 2.24) is 20.9 Å². The fraction of sp³-hybridized carbons (Fsp3) is 0.538. The zero-order chi connectivity index (χ0) is 41.1. The highest BCUT2D eigenvalue weighted by Gasteiger charge is 2.22. The van der Waals surface area contributed by atoms with E-state index in [2.05, 4.69) is 191 Å². The van der Waals surface area contributed by atoms with Crippen molar-refractivity contribution in [2.75, 3.05) is 13.6 Å². The van der Waals surface area contributed by atoms with Crippen LogP contribution in [-0.4, -0.2) is 24.5 Å². The zero-order valence-corrected chi connectivity index (χ0v) is 37.8. The average molecular weight is 757 g/mol. The van der Waals surface area contributed by atoms with Gasteiger partial charge >= 0.3 is 0 Å². The van der Waals surface area contributed by atoms with Crippen LogP contribution in [0.3, 0.4) is 0 Å². The zero-order valence-electron chi connectivity index (χ0n) is 37.8. The molecule has 0 saturated carbocycles. The van der Waals surface area contributed by atoms with Crippen LogP contribution in [0.4, 0.5) is 0 Å². The maximum Gasteiger partial charge on any atom is 0.0237 e. The van der Waals surface area contributed by atoms with Gasteiger partial charge in [-0.3, -0.25) is 4.90 Å². The van der Waals surface area contributed by atoms with Crippen LogP contribution in [0, 0.1) is 0 Å². The summed E-state index contributed by atoms with van der Waals surface area (Å²) in [5, 5.41) is 10.3. The van der Waals surface area contributed by atoms with Gasteiger partial charge in [0.1, 0.15) is 0 Å². The molecule has 0 fully saturated rings. The molecule has 4 aromatic carbocycles. The first-order valence-electron chi connectivity index (χ1n) is 21.4. The topological polar surface area (TPSA) is 39.3 Å². The molecule has 8 rings (SSSR count). The van der Waals surface area contributed by atoms with E-state index in [4.69, 9.17) is 0 Å². The van der Waals surface area contributed by atoms with Gasteiger partial charge in [-0.1, -0.05) is 156 Å². The minimum Gasteiger partial charge on any atom is -0.312 e. The van der Waals surface area contributed by atoms with Crippen molar-refractivity contribution >= 4 is 0 Å². The second kappa shape index (κ2) is 17.7. The van der Waals surface area contributed by atoms with Gasteiger partial charge < -0.3 is 16.0 Å². The highest BCUT2D eigenvalue weighted by atomic mass is 15.1. The van der Waals surface area contributed by atoms with Crippen molar-refractivity contribution in [3.63, 3.8) is 0 Å². The third-order valence-electron chi connectivity index (χ3n) is 11.9. The number of rotatable bonds is 0. The van der Waals surface area contributed by atoms with E-state index >= 15 is 0 Å². The van der Waals surface area contributed by atoms with Crippen LogP contribution in [0.2, 0.25) is 0 Å². The van der Waals surface area contributed by atoms with Gasteiger partial charge in [0.25, 0.3) is 0 Å². The van der Waals surface area contributed by atoms with Gasteiger partial charge in [-0.25, -0.2) is 0 Å². The Morgan fingerprint density at radius 1 is 0.446 bits per heavy atom. The third kappa shape index (κ3) is 11.9. The lowest BCUT2D eigenvalue weighted by Crippen LogP contribution is -2.33. The molecular formula is C52H76N4. The fourth-order valence-electron chi connectivity index (χ4n) is 7.88. The molecule has 304 valence electrons. The Bertz CT molecular complexity index is 1920. The smallest absolute Gasteiger partial charge is 0.0237 e. The molecule has 4 nitrogen and oxygen atoms in total. The molecule has 1 unspecified atom stereocenters. The fourth-order valence-corrected chi connectivity index (χ4v) is 7.88. The highest BCUT2D eigenvalue weighted by molar-refractivity contribution is 5.40. The second-order valence-electron chi connectivity index (χ2n) is 21.1. The first-order valence-corrected chi connectivity index (χ1v) is 21.4. The molecule has 0 spiro atoms. The van der Waals surface area contributed by atoms with Crippen LogP contribution in [0.25, 0.3) is 0 Å². The Balaban J connectivity index is 0.000000143. The summed E-state index contributed by atoms with van der Waals surface area (Å²) in [6.07, 6.45) is 2.35. The molecule has 4 heteroatoms. The average Bonchev–Trinajstić information content (AvgIpc) is 3.75. The lowest BCUT2D eigenvalue weighted by Gasteiger charge is -2.26. The second-order valence-corrected chi connectivity index (χ2v) is 21.1. The Hall–Kier alpha value is -3.28. The molecule has 4 heterocycles. The van der Waals surface area contributed by atoms with Crippen LogP contribution >= 0.6 is 0 Å². The molecule has 3 N–H and O–H groups in total. The SMILES string of the molecule is CC(C)(C)c1ccc2c(c1)CCNC2.CC(C)(C)c1ccc2c(c1)CNC2.CC1Cc2cc(C(C)(C)C)ccc2CN1.CN1Cc2ccc(C(C)(C)C)cc2C1. The van der Waals surface area contributed by atoms with E-state index in [-0.39, 0.29) is 21.7 Å². The number of benzene rings is 4. The van der Waals surface area contributed by atoms with Gasteiger partial charge in [-0.2, -0.15) is 0 Å². The maximum absolute atomic E-state index is 3.50. The van der Waals surface area contributed by atoms with E-state index in [1.165, 1.54) is 79.6 Å². The van der Waals surface area contributed by atoms with E-state index in [1.807, 2.05) is 0 Å². The van der Waals surface area contributed by atoms with Crippen LogP contribution in [-0.2, 0) is 73.8 Å². The summed E-state index contributed by atoms with van der Waals surface area (Å²) in [5.41, 5.74) is 18.9. The molecule has 56 heavy (non-hydrogen) atoms. The number of hydrogen-bond acceptors (Lipinski definition) is 4. The standard InChI is InChI=1S/C14H21N.2C13H19N.C12H17N/c1-10-7-12-8-13(14(2,3)4)6-5-11(12)9-15-10;1-13(2,3)12-6-5-10-8-14(4)9-11(10)7-12;1-13(2,3)12-5-4-11-9-14-7-6-10(11)8-12;1-12(2,3)11-5-4-9-7-13-8-10(9)6-11/h5-6,8,10,15H,7,9H2,1-4H3;5-7H,8-9H2,1-4H3;4-5,8,14H,6-7,9H2,1-3H3;4-6,13H,7-8H2,1-3H3. The monoisotopic (exact) mass is 757 g/mol. The van der Waals surface area contributed by atoms with Crippen molar-refractivity contribution in [3.8, 4) is 0 Å². The Labute approximate surface area is 342 Å². The number of nitrogens with zero attached hydrogens (tertiary/aromatic N) is 1.